The molecular weight excluding hydrogens is 468 g/mol. The molecule has 1 aliphatic rings. The van der Waals surface area contributed by atoms with Gasteiger partial charge in [0.2, 0.25) is 0 Å². The third-order valence-corrected chi connectivity index (χ3v) is 7.64. The summed E-state index contributed by atoms with van der Waals surface area (Å²) in [6.45, 7) is 0. The van der Waals surface area contributed by atoms with Crippen LogP contribution in [0.5, 0.6) is 0 Å². The Morgan fingerprint density at radius 1 is 0.500 bits per heavy atom. The quantitative estimate of drug-likeness (QED) is 0.248. The van der Waals surface area contributed by atoms with Crippen molar-refractivity contribution in [3.63, 3.8) is 0 Å². The van der Waals surface area contributed by atoms with Crippen molar-refractivity contribution in [3.8, 4) is 11.4 Å². The molecule has 0 spiro atoms. The lowest BCUT2D eigenvalue weighted by atomic mass is 9.80. The van der Waals surface area contributed by atoms with Gasteiger partial charge in [-0.3, -0.25) is 0 Å². The van der Waals surface area contributed by atoms with Crippen LogP contribution in [-0.4, -0.2) is 29.9 Å². The normalized spacial score (nSPS) is 13.2. The Morgan fingerprint density at radius 2 is 1.11 bits per heavy atom. The Hall–Kier alpha value is -5.10. The molecular formula is C32H20N6. The van der Waals surface area contributed by atoms with Gasteiger partial charge in [-0.05, 0) is 84.8 Å². The van der Waals surface area contributed by atoms with Crippen molar-refractivity contribution in [2.75, 3.05) is 0 Å². The zero-order valence-electron chi connectivity index (χ0n) is 20.3. The molecule has 1 aliphatic carbocycles. The fourth-order valence-corrected chi connectivity index (χ4v) is 6.05. The monoisotopic (exact) mass is 488 g/mol. The predicted octanol–water partition coefficient (Wildman–Crippen LogP) is 6.82. The molecule has 7 aromatic rings. The van der Waals surface area contributed by atoms with E-state index in [0.29, 0.717) is 5.82 Å². The highest BCUT2D eigenvalue weighted by Crippen LogP contribution is 2.46. The predicted molar refractivity (Wildman–Crippen MR) is 151 cm³/mol. The topological polar surface area (TPSA) is 77.3 Å². The van der Waals surface area contributed by atoms with E-state index in [2.05, 4.69) is 103 Å². The van der Waals surface area contributed by atoms with Crippen LogP contribution in [0.2, 0.25) is 0 Å². The van der Waals surface area contributed by atoms with Crippen LogP contribution in [0.4, 0.5) is 0 Å². The second kappa shape index (κ2) is 8.21. The minimum absolute atomic E-state index is 0.669. The number of fused-ring (bicyclic) bond motifs is 11. The number of hydrogen-bond acceptors (Lipinski definition) is 6. The third kappa shape index (κ3) is 3.07. The number of rotatable bonds is 2. The molecule has 5 aromatic carbocycles. The summed E-state index contributed by atoms with van der Waals surface area (Å²) in [5, 5.41) is 9.96. The summed E-state index contributed by atoms with van der Waals surface area (Å²) in [7, 11) is 0. The first-order chi connectivity index (χ1) is 18.9. The molecule has 0 bridgehead atoms. The van der Waals surface area contributed by atoms with Crippen molar-refractivity contribution in [1.82, 2.24) is 29.9 Å². The number of allylic oxidation sites excluding steroid dienone is 1. The minimum atomic E-state index is 0.669. The van der Waals surface area contributed by atoms with Crippen molar-refractivity contribution < 1.29 is 0 Å². The maximum absolute atomic E-state index is 4.47. The number of nitrogens with zero attached hydrogens (tertiary/aromatic N) is 6. The molecule has 6 nitrogen and oxygen atoms in total. The average Bonchev–Trinajstić information content (AvgIpc) is 3.01. The lowest BCUT2D eigenvalue weighted by molar-refractivity contribution is 0.955. The van der Waals surface area contributed by atoms with Crippen LogP contribution >= 0.6 is 0 Å². The van der Waals surface area contributed by atoms with Crippen molar-refractivity contribution in [3.05, 3.63) is 109 Å². The van der Waals surface area contributed by atoms with Crippen LogP contribution in [0.3, 0.4) is 0 Å². The number of aromatic nitrogens is 6. The summed E-state index contributed by atoms with van der Waals surface area (Å²) < 4.78 is 0. The summed E-state index contributed by atoms with van der Waals surface area (Å²) in [5.41, 5.74) is 4.74. The van der Waals surface area contributed by atoms with Crippen LogP contribution in [0.1, 0.15) is 23.4 Å². The molecule has 8 rings (SSSR count). The smallest absolute Gasteiger partial charge is 0.162 e. The highest BCUT2D eigenvalue weighted by Gasteiger charge is 2.23. The maximum atomic E-state index is 4.47. The second-order valence-electron chi connectivity index (χ2n) is 9.59. The molecule has 0 fully saturated rings. The van der Waals surface area contributed by atoms with Crippen LogP contribution in [0.15, 0.2) is 92.0 Å². The largest absolute Gasteiger partial charge is 0.225 e. The Balaban J connectivity index is 1.59. The Bertz CT molecular complexity index is 2070. The van der Waals surface area contributed by atoms with Gasteiger partial charge in [0, 0.05) is 5.56 Å². The molecule has 6 heteroatoms. The van der Waals surface area contributed by atoms with E-state index in [1.54, 1.807) is 25.3 Å². The molecule has 0 aliphatic heterocycles. The van der Waals surface area contributed by atoms with Crippen LogP contribution in [0, 0.1) is 0 Å². The summed E-state index contributed by atoms with van der Waals surface area (Å²) in [4.78, 5) is 25.8. The molecule has 178 valence electrons. The molecule has 0 saturated heterocycles. The van der Waals surface area contributed by atoms with Gasteiger partial charge in [0.1, 0.15) is 25.3 Å². The molecule has 0 atom stereocenters. The summed E-state index contributed by atoms with van der Waals surface area (Å²) in [6.07, 6.45) is 10.4. The zero-order chi connectivity index (χ0) is 25.1. The number of hydrogen-bond donors (Lipinski definition) is 0. The lowest BCUT2D eigenvalue weighted by Crippen LogP contribution is -2.04. The van der Waals surface area contributed by atoms with Gasteiger partial charge in [-0.15, -0.1) is 0 Å². The summed E-state index contributed by atoms with van der Waals surface area (Å²) >= 11 is 0. The van der Waals surface area contributed by atoms with E-state index < -0.39 is 0 Å². The van der Waals surface area contributed by atoms with Gasteiger partial charge in [0.15, 0.2) is 11.6 Å². The highest BCUT2D eigenvalue weighted by atomic mass is 15.0. The van der Waals surface area contributed by atoms with E-state index in [1.807, 2.05) is 0 Å². The lowest BCUT2D eigenvalue weighted by Gasteiger charge is -2.23. The average molecular weight is 489 g/mol. The molecule has 0 N–H and O–H groups in total. The van der Waals surface area contributed by atoms with Crippen molar-refractivity contribution in [2.24, 2.45) is 0 Å². The molecule has 2 aromatic heterocycles. The van der Waals surface area contributed by atoms with Gasteiger partial charge in [0.25, 0.3) is 0 Å². The van der Waals surface area contributed by atoms with Crippen molar-refractivity contribution in [2.45, 2.75) is 12.8 Å². The molecule has 0 unspecified atom stereocenters. The van der Waals surface area contributed by atoms with Gasteiger partial charge in [0.05, 0.1) is 0 Å². The third-order valence-electron chi connectivity index (χ3n) is 7.64. The first-order valence-corrected chi connectivity index (χ1v) is 12.6. The van der Waals surface area contributed by atoms with Gasteiger partial charge >= 0.3 is 0 Å². The second-order valence-corrected chi connectivity index (χ2v) is 9.59. The fourth-order valence-electron chi connectivity index (χ4n) is 6.05. The maximum Gasteiger partial charge on any atom is 0.162 e. The van der Waals surface area contributed by atoms with E-state index in [1.165, 1.54) is 54.2 Å². The van der Waals surface area contributed by atoms with Crippen LogP contribution < -0.4 is 0 Å². The zero-order valence-corrected chi connectivity index (χ0v) is 20.3. The first-order valence-electron chi connectivity index (χ1n) is 12.6. The Morgan fingerprint density at radius 3 is 1.84 bits per heavy atom. The Kier molecular flexibility index (Phi) is 4.54. The van der Waals surface area contributed by atoms with E-state index >= 15 is 0 Å². The molecule has 0 amide bonds. The summed E-state index contributed by atoms with van der Waals surface area (Å²) in [6, 6.07) is 24.1. The molecule has 38 heavy (non-hydrogen) atoms. The van der Waals surface area contributed by atoms with E-state index in [4.69, 9.17) is 0 Å². The van der Waals surface area contributed by atoms with Crippen molar-refractivity contribution in [1.29, 1.82) is 0 Å². The van der Waals surface area contributed by atoms with Crippen molar-refractivity contribution >= 4 is 54.7 Å². The van der Waals surface area contributed by atoms with E-state index in [9.17, 15) is 0 Å². The van der Waals surface area contributed by atoms with Gasteiger partial charge in [-0.1, -0.05) is 60.7 Å². The highest BCUT2D eigenvalue weighted by molar-refractivity contribution is 6.34. The molecule has 0 saturated carbocycles. The molecule has 0 radical (unpaired) electrons. The number of benzene rings is 5. The Labute approximate surface area is 217 Å². The summed E-state index contributed by atoms with van der Waals surface area (Å²) in [5.74, 6) is 1.41. The van der Waals surface area contributed by atoms with Gasteiger partial charge in [-0.25, -0.2) is 29.9 Å². The van der Waals surface area contributed by atoms with E-state index in [-0.39, 0.29) is 0 Å². The van der Waals surface area contributed by atoms with Crippen LogP contribution in [0.25, 0.3) is 66.1 Å². The van der Waals surface area contributed by atoms with Crippen LogP contribution in [-0.2, 0) is 6.42 Å². The van der Waals surface area contributed by atoms with Gasteiger partial charge < -0.3 is 0 Å². The molecule has 2 heterocycles. The van der Waals surface area contributed by atoms with Gasteiger partial charge in [-0.2, -0.15) is 0 Å². The minimum Gasteiger partial charge on any atom is -0.225 e. The fraction of sp³-hybridized carbons (Fsp3) is 0.0625. The first kappa shape index (κ1) is 21.0. The number of aryl methyl sites for hydroxylation is 1. The van der Waals surface area contributed by atoms with E-state index in [0.717, 1.165) is 29.8 Å². The SMILES string of the molecule is C1=C(c2ncncn2)CCc2c1c1c3ccccc3c3ccc(-c4ncncn4)cc3c1c1ccccc21. The standard InChI is InChI=1S/C32H20N6/c1-3-7-25-21(5-1)23-11-9-19(31-35-15-33-16-36-31)13-27(23)30-26-8-4-2-6-22(26)24-12-10-20(14-28(24)29(25)30)32-37-17-34-18-38-32/h1-9,11,13-18H,10,12H2.